The second-order valence-electron chi connectivity index (χ2n) is 8.31. The van der Waals surface area contributed by atoms with E-state index in [9.17, 15) is 4.79 Å². The van der Waals surface area contributed by atoms with Crippen molar-refractivity contribution in [3.8, 4) is 5.75 Å². The lowest BCUT2D eigenvalue weighted by Gasteiger charge is -2.59. The molecule has 4 aliphatic carbocycles. The van der Waals surface area contributed by atoms with Crippen LogP contribution in [-0.2, 0) is 4.79 Å². The second kappa shape index (κ2) is 6.25. The summed E-state index contributed by atoms with van der Waals surface area (Å²) in [7, 11) is 0. The Hall–Kier alpha value is -1.22. The van der Waals surface area contributed by atoms with Crippen LogP contribution in [0.15, 0.2) is 24.3 Å². The fourth-order valence-electron chi connectivity index (χ4n) is 5.82. The van der Waals surface area contributed by atoms with E-state index < -0.39 is 0 Å². The summed E-state index contributed by atoms with van der Waals surface area (Å²) in [4.78, 5) is 12.3. The van der Waals surface area contributed by atoms with E-state index in [0.717, 1.165) is 17.8 Å². The van der Waals surface area contributed by atoms with Gasteiger partial charge in [-0.1, -0.05) is 11.6 Å². The molecule has 1 aromatic carbocycles. The lowest BCUT2D eigenvalue weighted by molar-refractivity contribution is -0.127. The van der Waals surface area contributed by atoms with Crippen molar-refractivity contribution in [1.82, 2.24) is 5.32 Å². The Balaban J connectivity index is 1.33. The van der Waals surface area contributed by atoms with Gasteiger partial charge in [0, 0.05) is 11.1 Å². The molecule has 1 atom stereocenters. The summed E-state index contributed by atoms with van der Waals surface area (Å²) in [5, 5.41) is 3.90. The maximum Gasteiger partial charge on any atom is 0.258 e. The van der Waals surface area contributed by atoms with Gasteiger partial charge >= 0.3 is 0 Å². The van der Waals surface area contributed by atoms with Crippen molar-refractivity contribution in [3.05, 3.63) is 29.3 Å². The molecule has 1 unspecified atom stereocenters. The van der Waals surface area contributed by atoms with Crippen molar-refractivity contribution in [2.75, 3.05) is 6.61 Å². The number of halogens is 1. The first-order chi connectivity index (χ1) is 11.5. The third kappa shape index (κ3) is 3.15. The quantitative estimate of drug-likeness (QED) is 0.855. The maximum absolute atomic E-state index is 12.3. The highest BCUT2D eigenvalue weighted by molar-refractivity contribution is 6.30. The number of rotatable bonds is 5. The molecular weight excluding hydrogens is 322 g/mol. The van der Waals surface area contributed by atoms with Crippen LogP contribution in [-0.4, -0.2) is 18.6 Å². The minimum atomic E-state index is -0.0202. The molecule has 1 N–H and O–H groups in total. The van der Waals surface area contributed by atoms with E-state index in [2.05, 4.69) is 12.2 Å². The van der Waals surface area contributed by atoms with Gasteiger partial charge in [0.2, 0.25) is 0 Å². The summed E-state index contributed by atoms with van der Waals surface area (Å²) in [5.74, 6) is 3.37. The number of benzene rings is 1. The van der Waals surface area contributed by atoms with E-state index in [1.54, 1.807) is 24.3 Å². The van der Waals surface area contributed by atoms with Crippen molar-refractivity contribution in [1.29, 1.82) is 0 Å². The maximum atomic E-state index is 12.3. The van der Waals surface area contributed by atoms with Gasteiger partial charge in [-0.15, -0.1) is 0 Å². The monoisotopic (exact) mass is 347 g/mol. The van der Waals surface area contributed by atoms with Gasteiger partial charge in [-0.25, -0.2) is 0 Å². The zero-order valence-corrected chi connectivity index (χ0v) is 15.0. The molecule has 130 valence electrons. The van der Waals surface area contributed by atoms with Crippen LogP contribution in [0.1, 0.15) is 45.4 Å². The number of nitrogens with one attached hydrogen (secondary N) is 1. The first kappa shape index (κ1) is 16.3. The summed E-state index contributed by atoms with van der Waals surface area (Å²) in [6.07, 6.45) is 8.20. The first-order valence-corrected chi connectivity index (χ1v) is 9.58. The summed E-state index contributed by atoms with van der Waals surface area (Å²) in [6.45, 7) is 2.27. The smallest absolute Gasteiger partial charge is 0.258 e. The lowest BCUT2D eigenvalue weighted by atomic mass is 9.48. The molecule has 0 radical (unpaired) electrons. The molecular formula is C20H26ClNO2. The highest BCUT2D eigenvalue weighted by Gasteiger charge is 2.53. The molecule has 0 aromatic heterocycles. The summed E-state index contributed by atoms with van der Waals surface area (Å²) >= 11 is 5.86. The van der Waals surface area contributed by atoms with Crippen LogP contribution in [0.4, 0.5) is 0 Å². The highest BCUT2D eigenvalue weighted by atomic mass is 35.5. The van der Waals surface area contributed by atoms with Gasteiger partial charge in [-0.3, -0.25) is 4.79 Å². The first-order valence-electron chi connectivity index (χ1n) is 9.20. The number of amides is 1. The van der Waals surface area contributed by atoms with Gasteiger partial charge in [0.05, 0.1) is 0 Å². The number of hydrogen-bond acceptors (Lipinski definition) is 2. The van der Waals surface area contributed by atoms with Crippen LogP contribution < -0.4 is 10.1 Å². The molecule has 24 heavy (non-hydrogen) atoms. The molecule has 1 amide bonds. The molecule has 0 aliphatic heterocycles. The van der Waals surface area contributed by atoms with Gasteiger partial charge < -0.3 is 10.1 Å². The van der Waals surface area contributed by atoms with Crippen LogP contribution in [0.2, 0.25) is 5.02 Å². The molecule has 4 saturated carbocycles. The van der Waals surface area contributed by atoms with Crippen molar-refractivity contribution in [2.45, 2.75) is 51.5 Å². The Morgan fingerprint density at radius 2 is 1.71 bits per heavy atom. The minimum absolute atomic E-state index is 0.0202. The van der Waals surface area contributed by atoms with Gasteiger partial charge in [-0.05, 0) is 92.9 Å². The average molecular weight is 348 g/mol. The van der Waals surface area contributed by atoms with Crippen LogP contribution in [0.5, 0.6) is 5.75 Å². The van der Waals surface area contributed by atoms with Crippen molar-refractivity contribution in [3.63, 3.8) is 0 Å². The van der Waals surface area contributed by atoms with Crippen molar-refractivity contribution < 1.29 is 9.53 Å². The fourth-order valence-corrected chi connectivity index (χ4v) is 5.95. The van der Waals surface area contributed by atoms with Gasteiger partial charge in [-0.2, -0.15) is 0 Å². The second-order valence-corrected chi connectivity index (χ2v) is 8.75. The van der Waals surface area contributed by atoms with E-state index in [4.69, 9.17) is 16.3 Å². The fraction of sp³-hybridized carbons (Fsp3) is 0.650. The summed E-state index contributed by atoms with van der Waals surface area (Å²) in [5.41, 5.74) is 0.338. The SMILES string of the molecule is CC(NC(=O)COc1ccc(Cl)cc1)C12CC3CC(CC(C3)C1)C2. The van der Waals surface area contributed by atoms with Gasteiger partial charge in [0.1, 0.15) is 5.75 Å². The predicted octanol–water partition coefficient (Wildman–Crippen LogP) is 4.44. The molecule has 4 fully saturated rings. The van der Waals surface area contributed by atoms with Crippen LogP contribution in [0.3, 0.4) is 0 Å². The van der Waals surface area contributed by atoms with Crippen molar-refractivity contribution in [2.24, 2.45) is 23.2 Å². The molecule has 3 nitrogen and oxygen atoms in total. The van der Waals surface area contributed by atoms with Crippen LogP contribution >= 0.6 is 11.6 Å². The Bertz CT molecular complexity index is 577. The lowest BCUT2D eigenvalue weighted by Crippen LogP contribution is -2.56. The molecule has 4 heteroatoms. The average Bonchev–Trinajstić information content (AvgIpc) is 2.53. The highest BCUT2D eigenvalue weighted by Crippen LogP contribution is 2.61. The number of carbonyl (C=O) groups is 1. The predicted molar refractivity (Wildman–Crippen MR) is 95.2 cm³/mol. The molecule has 4 aliphatic rings. The molecule has 4 bridgehead atoms. The van der Waals surface area contributed by atoms with Crippen LogP contribution in [0, 0.1) is 23.2 Å². The van der Waals surface area contributed by atoms with E-state index >= 15 is 0 Å². The van der Waals surface area contributed by atoms with E-state index in [1.165, 1.54) is 38.5 Å². The Morgan fingerprint density at radius 3 is 2.25 bits per heavy atom. The van der Waals surface area contributed by atoms with E-state index in [0.29, 0.717) is 16.2 Å². The number of carbonyl (C=O) groups excluding carboxylic acids is 1. The molecule has 1 aromatic rings. The van der Waals surface area contributed by atoms with E-state index in [1.807, 2.05) is 0 Å². The van der Waals surface area contributed by atoms with E-state index in [-0.39, 0.29) is 18.6 Å². The molecule has 0 spiro atoms. The molecule has 5 rings (SSSR count). The summed E-state index contributed by atoms with van der Waals surface area (Å²) < 4.78 is 5.57. The third-order valence-electron chi connectivity index (χ3n) is 6.57. The largest absolute Gasteiger partial charge is 0.484 e. The standard InChI is InChI=1S/C20H26ClNO2/c1-13(20-9-14-6-15(10-20)8-16(7-14)11-20)22-19(23)12-24-18-4-2-17(21)3-5-18/h2-5,13-16H,6-12H2,1H3,(H,22,23). The Morgan fingerprint density at radius 1 is 1.17 bits per heavy atom. The van der Waals surface area contributed by atoms with Gasteiger partial charge in [0.15, 0.2) is 6.61 Å². The Labute approximate surface area is 149 Å². The van der Waals surface area contributed by atoms with Gasteiger partial charge in [0.25, 0.3) is 5.91 Å². The normalized spacial score (nSPS) is 34.8. The molecule has 0 heterocycles. The molecule has 0 saturated heterocycles. The minimum Gasteiger partial charge on any atom is -0.484 e. The number of ether oxygens (including phenoxy) is 1. The topological polar surface area (TPSA) is 38.3 Å². The number of hydrogen-bond donors (Lipinski definition) is 1. The zero-order chi connectivity index (χ0) is 16.7. The third-order valence-corrected chi connectivity index (χ3v) is 6.82. The van der Waals surface area contributed by atoms with Crippen LogP contribution in [0.25, 0.3) is 0 Å². The van der Waals surface area contributed by atoms with Crippen molar-refractivity contribution >= 4 is 17.5 Å². The summed E-state index contributed by atoms with van der Waals surface area (Å²) in [6, 6.07) is 7.36. The Kier molecular flexibility index (Phi) is 4.24. The zero-order valence-electron chi connectivity index (χ0n) is 14.3.